The van der Waals surface area contributed by atoms with Crippen molar-refractivity contribution in [2.24, 2.45) is 4.99 Å². The van der Waals surface area contributed by atoms with Gasteiger partial charge in [0.1, 0.15) is 0 Å². The molecule has 0 saturated carbocycles. The molecule has 0 aliphatic carbocycles. The summed E-state index contributed by atoms with van der Waals surface area (Å²) < 4.78 is 29.7. The average molecular weight is 331 g/mol. The molecule has 0 aromatic heterocycles. The Labute approximate surface area is 135 Å². The zero-order chi connectivity index (χ0) is 16.2. The van der Waals surface area contributed by atoms with Crippen LogP contribution in [0.1, 0.15) is 11.1 Å². The molecule has 6 heteroatoms. The Balaban J connectivity index is 1.82. The van der Waals surface area contributed by atoms with Crippen LogP contribution in [0.3, 0.4) is 0 Å². The number of benzene rings is 2. The van der Waals surface area contributed by atoms with E-state index in [1.165, 1.54) is 0 Å². The highest BCUT2D eigenvalue weighted by Crippen LogP contribution is 2.26. The Hall–Kier alpha value is -2.47. The second kappa shape index (κ2) is 6.75. The van der Waals surface area contributed by atoms with Crippen LogP contribution < -0.4 is 0 Å². The van der Waals surface area contributed by atoms with Crippen LogP contribution in [-0.4, -0.2) is 17.6 Å². The minimum atomic E-state index is -2.46. The lowest BCUT2D eigenvalue weighted by molar-refractivity contribution is -0.129. The fourth-order valence-electron chi connectivity index (χ4n) is 2.02. The SMILES string of the molecule is O=C1OC(c2ccccc2)=N/C1=C/c1ccc(SC(F)F)cc1. The van der Waals surface area contributed by atoms with Gasteiger partial charge in [-0.25, -0.2) is 9.79 Å². The van der Waals surface area contributed by atoms with Crippen LogP contribution in [0, 0.1) is 0 Å². The van der Waals surface area contributed by atoms with E-state index in [-0.39, 0.29) is 11.6 Å². The van der Waals surface area contributed by atoms with Gasteiger partial charge in [0.25, 0.3) is 5.76 Å². The first-order valence-electron chi connectivity index (χ1n) is 6.75. The summed E-state index contributed by atoms with van der Waals surface area (Å²) in [7, 11) is 0. The topological polar surface area (TPSA) is 38.7 Å². The number of cyclic esters (lactones) is 1. The van der Waals surface area contributed by atoms with E-state index in [9.17, 15) is 13.6 Å². The molecule has 0 amide bonds. The maximum atomic E-state index is 12.3. The first kappa shape index (κ1) is 15.4. The molecule has 1 aliphatic rings. The number of carbonyl (C=O) groups is 1. The van der Waals surface area contributed by atoms with Crippen molar-refractivity contribution in [3.8, 4) is 0 Å². The Bertz CT molecular complexity index is 771. The maximum absolute atomic E-state index is 12.3. The van der Waals surface area contributed by atoms with E-state index in [1.54, 1.807) is 42.5 Å². The molecule has 116 valence electrons. The summed E-state index contributed by atoms with van der Waals surface area (Å²) in [4.78, 5) is 16.5. The quantitative estimate of drug-likeness (QED) is 0.475. The molecule has 1 aliphatic heterocycles. The molecule has 1 heterocycles. The first-order chi connectivity index (χ1) is 11.1. The lowest BCUT2D eigenvalue weighted by atomic mass is 10.2. The number of aliphatic imine (C=N–C) groups is 1. The highest BCUT2D eigenvalue weighted by atomic mass is 32.2. The third-order valence-electron chi connectivity index (χ3n) is 3.05. The number of carbonyl (C=O) groups excluding carboxylic acids is 1. The van der Waals surface area contributed by atoms with Crippen molar-refractivity contribution in [3.63, 3.8) is 0 Å². The smallest absolute Gasteiger partial charge is 0.363 e. The number of halogens is 2. The van der Waals surface area contributed by atoms with Gasteiger partial charge in [0.2, 0.25) is 5.90 Å². The molecular weight excluding hydrogens is 320 g/mol. The van der Waals surface area contributed by atoms with Crippen LogP contribution in [0.2, 0.25) is 0 Å². The molecule has 0 bridgehead atoms. The van der Waals surface area contributed by atoms with E-state index in [1.807, 2.05) is 18.2 Å². The van der Waals surface area contributed by atoms with Gasteiger partial charge in [0.05, 0.1) is 0 Å². The summed E-state index contributed by atoms with van der Waals surface area (Å²) in [5.74, 6) is -2.73. The third-order valence-corrected chi connectivity index (χ3v) is 3.77. The minimum Gasteiger partial charge on any atom is -0.402 e. The predicted molar refractivity (Wildman–Crippen MR) is 85.4 cm³/mol. The van der Waals surface area contributed by atoms with E-state index in [0.29, 0.717) is 27.8 Å². The number of rotatable bonds is 4. The lowest BCUT2D eigenvalue weighted by Gasteiger charge is -2.00. The number of hydrogen-bond acceptors (Lipinski definition) is 4. The Morgan fingerprint density at radius 1 is 1.04 bits per heavy atom. The molecule has 0 fully saturated rings. The molecule has 23 heavy (non-hydrogen) atoms. The lowest BCUT2D eigenvalue weighted by Crippen LogP contribution is -2.04. The van der Waals surface area contributed by atoms with Crippen molar-refractivity contribution in [1.82, 2.24) is 0 Å². The largest absolute Gasteiger partial charge is 0.402 e. The number of thioether (sulfide) groups is 1. The Morgan fingerprint density at radius 3 is 2.39 bits per heavy atom. The third kappa shape index (κ3) is 3.84. The van der Waals surface area contributed by atoms with Gasteiger partial charge in [-0.15, -0.1) is 0 Å². The Morgan fingerprint density at radius 2 is 1.74 bits per heavy atom. The number of hydrogen-bond donors (Lipinski definition) is 0. The van der Waals surface area contributed by atoms with Crippen LogP contribution in [0.5, 0.6) is 0 Å². The van der Waals surface area contributed by atoms with E-state index in [0.717, 1.165) is 0 Å². The van der Waals surface area contributed by atoms with Gasteiger partial charge < -0.3 is 4.74 Å². The van der Waals surface area contributed by atoms with E-state index < -0.39 is 11.7 Å². The normalized spacial score (nSPS) is 15.9. The molecule has 3 nitrogen and oxygen atoms in total. The summed E-state index contributed by atoms with van der Waals surface area (Å²) in [6.07, 6.45) is 1.56. The van der Waals surface area contributed by atoms with Gasteiger partial charge in [-0.3, -0.25) is 0 Å². The summed E-state index contributed by atoms with van der Waals surface area (Å²) in [5.41, 5.74) is 1.58. The van der Waals surface area contributed by atoms with Crippen molar-refractivity contribution in [3.05, 3.63) is 71.4 Å². The van der Waals surface area contributed by atoms with Gasteiger partial charge >= 0.3 is 5.97 Å². The average Bonchev–Trinajstić information content (AvgIpc) is 2.91. The summed E-state index contributed by atoms with van der Waals surface area (Å²) in [6, 6.07) is 15.6. The van der Waals surface area contributed by atoms with E-state index in [4.69, 9.17) is 4.74 Å². The molecule has 0 radical (unpaired) electrons. The fraction of sp³-hybridized carbons (Fsp3) is 0.0588. The number of alkyl halides is 2. The molecule has 0 atom stereocenters. The van der Waals surface area contributed by atoms with Gasteiger partial charge in [-0.2, -0.15) is 8.78 Å². The van der Waals surface area contributed by atoms with Crippen LogP contribution in [-0.2, 0) is 9.53 Å². The summed E-state index contributed by atoms with van der Waals surface area (Å²) >= 11 is 0.475. The number of nitrogens with zero attached hydrogens (tertiary/aromatic N) is 1. The molecular formula is C17H11F2NO2S. The second-order valence-corrected chi connectivity index (χ2v) is 5.71. The number of esters is 1. The standard InChI is InChI=1S/C17H11F2NO2S/c18-17(19)23-13-8-6-11(7-9-13)10-14-16(21)22-15(20-14)12-4-2-1-3-5-12/h1-10,17H/b14-10+. The van der Waals surface area contributed by atoms with Gasteiger partial charge in [-0.05, 0) is 35.9 Å². The van der Waals surface area contributed by atoms with Crippen molar-refractivity contribution in [1.29, 1.82) is 0 Å². The van der Waals surface area contributed by atoms with Crippen LogP contribution >= 0.6 is 11.8 Å². The summed E-state index contributed by atoms with van der Waals surface area (Å²) in [6.45, 7) is 0. The summed E-state index contributed by atoms with van der Waals surface area (Å²) in [5, 5.41) is 0. The van der Waals surface area contributed by atoms with Gasteiger partial charge in [0.15, 0.2) is 5.70 Å². The molecule has 0 N–H and O–H groups in total. The minimum absolute atomic E-state index is 0.179. The molecule has 0 spiro atoms. The van der Waals surface area contributed by atoms with E-state index >= 15 is 0 Å². The molecule has 3 rings (SSSR count). The predicted octanol–water partition coefficient (Wildman–Crippen LogP) is 4.35. The number of ether oxygens (including phenoxy) is 1. The maximum Gasteiger partial charge on any atom is 0.363 e. The molecule has 2 aromatic carbocycles. The van der Waals surface area contributed by atoms with E-state index in [2.05, 4.69) is 4.99 Å². The van der Waals surface area contributed by atoms with Crippen molar-refractivity contribution < 1.29 is 18.3 Å². The zero-order valence-corrected chi connectivity index (χ0v) is 12.6. The van der Waals surface area contributed by atoms with Gasteiger partial charge in [0, 0.05) is 10.5 Å². The fourth-order valence-corrected chi connectivity index (χ4v) is 2.52. The van der Waals surface area contributed by atoms with Crippen LogP contribution in [0.4, 0.5) is 8.78 Å². The van der Waals surface area contributed by atoms with Crippen molar-refractivity contribution in [2.45, 2.75) is 10.7 Å². The molecule has 0 unspecified atom stereocenters. The first-order valence-corrected chi connectivity index (χ1v) is 7.62. The molecule has 0 saturated heterocycles. The van der Waals surface area contributed by atoms with Crippen molar-refractivity contribution >= 4 is 29.7 Å². The van der Waals surface area contributed by atoms with Crippen LogP contribution in [0.15, 0.2) is 70.2 Å². The highest BCUT2D eigenvalue weighted by Gasteiger charge is 2.23. The zero-order valence-electron chi connectivity index (χ0n) is 11.8. The highest BCUT2D eigenvalue weighted by molar-refractivity contribution is 7.99. The van der Waals surface area contributed by atoms with Crippen LogP contribution in [0.25, 0.3) is 6.08 Å². The molecule has 2 aromatic rings. The second-order valence-electron chi connectivity index (χ2n) is 4.65. The Kier molecular flexibility index (Phi) is 4.52. The van der Waals surface area contributed by atoms with Gasteiger partial charge in [-0.1, -0.05) is 42.1 Å². The van der Waals surface area contributed by atoms with Crippen molar-refractivity contribution in [2.75, 3.05) is 0 Å². The monoisotopic (exact) mass is 331 g/mol.